The maximum Gasteiger partial charge on any atom is 2.00 e. The summed E-state index contributed by atoms with van der Waals surface area (Å²) in [4.78, 5) is 45.2. The van der Waals surface area contributed by atoms with Crippen molar-refractivity contribution in [3.63, 3.8) is 0 Å². The van der Waals surface area contributed by atoms with Gasteiger partial charge in [-0.1, -0.05) is 0 Å². The van der Waals surface area contributed by atoms with Crippen molar-refractivity contribution in [3.8, 4) is 0 Å². The van der Waals surface area contributed by atoms with Gasteiger partial charge in [0.15, 0.2) is 0 Å². The summed E-state index contributed by atoms with van der Waals surface area (Å²) >= 11 is 0. The zero-order chi connectivity index (χ0) is 12.9. The van der Waals surface area contributed by atoms with E-state index < -0.39 is 27.7 Å². The minimum absolute atomic E-state index is 0. The molecule has 0 fully saturated rings. The van der Waals surface area contributed by atoms with Gasteiger partial charge in [-0.15, -0.1) is 0 Å². The van der Waals surface area contributed by atoms with Crippen molar-refractivity contribution in [1.82, 2.24) is 0 Å². The SMILES string of the molecule is CC(O)C(=O)O.O=P([O-])([O-])OP(=O)([O-])O.[Mg+2].[Na+]. The molecule has 0 bridgehead atoms. The molecule has 17 heavy (non-hydrogen) atoms. The van der Waals surface area contributed by atoms with Crippen LogP contribution in [0.1, 0.15) is 6.92 Å². The minimum Gasteiger partial charge on any atom is -0.790 e. The molecule has 0 aliphatic heterocycles. The molecule has 0 aromatic heterocycles. The molecule has 0 aliphatic rings. The molecule has 2 unspecified atom stereocenters. The summed E-state index contributed by atoms with van der Waals surface area (Å²) in [5, 5.41) is 15.8. The Bertz CT molecular complexity index is 274. The van der Waals surface area contributed by atoms with E-state index in [9.17, 15) is 28.6 Å². The van der Waals surface area contributed by atoms with Crippen LogP contribution >= 0.6 is 15.6 Å². The molecule has 0 rings (SSSR count). The average molecular weight is 312 g/mol. The summed E-state index contributed by atoms with van der Waals surface area (Å²) < 4.78 is 21.4. The smallest absolute Gasteiger partial charge is 0.790 e. The maximum absolute atomic E-state index is 9.45. The molecule has 0 radical (unpaired) electrons. The molecule has 10 nitrogen and oxygen atoms in total. The maximum atomic E-state index is 9.45. The van der Waals surface area contributed by atoms with Gasteiger partial charge in [0.25, 0.3) is 7.82 Å². The second-order valence-corrected chi connectivity index (χ2v) is 4.50. The number of hydrogen-bond donors (Lipinski definition) is 3. The quantitative estimate of drug-likeness (QED) is 0.333. The van der Waals surface area contributed by atoms with Crippen LogP contribution in [0.2, 0.25) is 0 Å². The van der Waals surface area contributed by atoms with Crippen LogP contribution in [0.25, 0.3) is 0 Å². The standard InChI is InChI=1S/C3H6O3.Mg.Na.H4O7P2/c1-2(4)3(5)6;;;1-8(2,3)7-9(4,5)6/h2,4H,1H3,(H,5,6);;;(H2,1,2,3)(H2,4,5,6)/q;+2;+1;/p-3. The van der Waals surface area contributed by atoms with Crippen molar-refractivity contribution < 1.29 is 77.6 Å². The predicted octanol–water partition coefficient (Wildman–Crippen LogP) is -6.63. The second-order valence-electron chi connectivity index (χ2n) is 2.01. The first-order valence-electron chi connectivity index (χ1n) is 3.03. The van der Waals surface area contributed by atoms with Gasteiger partial charge in [-0.25, -0.2) is 4.79 Å². The normalized spacial score (nSPS) is 14.9. The van der Waals surface area contributed by atoms with Gasteiger partial charge >= 0.3 is 58.6 Å². The van der Waals surface area contributed by atoms with Gasteiger partial charge < -0.3 is 34.4 Å². The van der Waals surface area contributed by atoms with Crippen LogP contribution in [0.15, 0.2) is 0 Å². The molecule has 0 saturated heterocycles. The summed E-state index contributed by atoms with van der Waals surface area (Å²) in [7, 11) is -11.0. The Hall–Kier alpha value is 1.46. The number of hydrogen-bond acceptors (Lipinski definition) is 8. The summed E-state index contributed by atoms with van der Waals surface area (Å²) in [6.07, 6.45) is -1.23. The summed E-state index contributed by atoms with van der Waals surface area (Å²) in [6, 6.07) is 0. The number of aliphatic hydroxyl groups excluding tert-OH is 1. The van der Waals surface area contributed by atoms with Gasteiger partial charge in [0.2, 0.25) is 0 Å². The topological polar surface area (TPSA) is 190 Å². The number of aliphatic hydroxyl groups is 1. The molecule has 0 heterocycles. The Labute approximate surface area is 134 Å². The van der Waals surface area contributed by atoms with Crippen molar-refractivity contribution in [2.45, 2.75) is 13.0 Å². The van der Waals surface area contributed by atoms with Crippen molar-refractivity contribution >= 4 is 44.7 Å². The van der Waals surface area contributed by atoms with E-state index in [1.54, 1.807) is 0 Å². The molecular formula is C3H7MgNaO10P2. The molecule has 3 N–H and O–H groups in total. The van der Waals surface area contributed by atoms with Gasteiger partial charge in [0.1, 0.15) is 6.10 Å². The van der Waals surface area contributed by atoms with Crippen LogP contribution in [-0.2, 0) is 18.2 Å². The largest absolute Gasteiger partial charge is 2.00 e. The summed E-state index contributed by atoms with van der Waals surface area (Å²) in [6.45, 7) is 1.20. The second kappa shape index (κ2) is 11.3. The summed E-state index contributed by atoms with van der Waals surface area (Å²) in [5.74, 6) is -1.19. The number of aliphatic carboxylic acids is 1. The molecule has 0 aromatic carbocycles. The summed E-state index contributed by atoms with van der Waals surface area (Å²) in [5.41, 5.74) is 0. The third-order valence-corrected chi connectivity index (χ3v) is 2.19. The van der Waals surface area contributed by atoms with Gasteiger partial charge in [0, 0.05) is 0 Å². The van der Waals surface area contributed by atoms with Crippen LogP contribution in [0, 0.1) is 0 Å². The van der Waals surface area contributed by atoms with Crippen LogP contribution in [0.3, 0.4) is 0 Å². The number of rotatable bonds is 3. The van der Waals surface area contributed by atoms with E-state index >= 15 is 0 Å². The molecule has 92 valence electrons. The van der Waals surface area contributed by atoms with Gasteiger partial charge in [0.05, 0.1) is 7.82 Å². The van der Waals surface area contributed by atoms with E-state index in [1.165, 1.54) is 6.92 Å². The van der Waals surface area contributed by atoms with Crippen molar-refractivity contribution in [1.29, 1.82) is 0 Å². The third-order valence-electron chi connectivity index (χ3n) is 0.561. The number of carboxylic acid groups (broad SMARTS) is 1. The molecule has 0 spiro atoms. The molecular weight excluding hydrogens is 305 g/mol. The predicted molar refractivity (Wildman–Crippen MR) is 43.6 cm³/mol. The Morgan fingerprint density at radius 1 is 1.29 bits per heavy atom. The van der Waals surface area contributed by atoms with E-state index in [1.807, 2.05) is 0 Å². The first-order chi connectivity index (χ1) is 6.35. The van der Waals surface area contributed by atoms with Crippen molar-refractivity contribution in [2.24, 2.45) is 0 Å². The van der Waals surface area contributed by atoms with Crippen molar-refractivity contribution in [3.05, 3.63) is 0 Å². The number of carbonyl (C=O) groups is 1. The first kappa shape index (κ1) is 26.9. The Morgan fingerprint density at radius 2 is 1.53 bits per heavy atom. The van der Waals surface area contributed by atoms with E-state index in [4.69, 9.17) is 15.1 Å². The van der Waals surface area contributed by atoms with E-state index in [2.05, 4.69) is 4.31 Å². The van der Waals surface area contributed by atoms with Gasteiger partial charge in [-0.2, -0.15) is 0 Å². The molecule has 0 aromatic rings. The fraction of sp³-hybridized carbons (Fsp3) is 0.667. The Morgan fingerprint density at radius 3 is 1.53 bits per heavy atom. The average Bonchev–Trinajstić information content (AvgIpc) is 1.78. The Balaban J connectivity index is -0.0000000945. The van der Waals surface area contributed by atoms with E-state index in [0.29, 0.717) is 0 Å². The van der Waals surface area contributed by atoms with Crippen LogP contribution in [-0.4, -0.2) is 50.2 Å². The first-order valence-corrected chi connectivity index (χ1v) is 5.99. The van der Waals surface area contributed by atoms with Gasteiger partial charge in [-0.05, 0) is 6.92 Å². The third kappa shape index (κ3) is 31.8. The van der Waals surface area contributed by atoms with Crippen molar-refractivity contribution in [2.75, 3.05) is 0 Å². The fourth-order valence-electron chi connectivity index (χ4n) is 0.126. The van der Waals surface area contributed by atoms with E-state index in [-0.39, 0.29) is 52.6 Å². The van der Waals surface area contributed by atoms with Gasteiger partial charge in [-0.3, -0.25) is 8.88 Å². The Kier molecular flexibility index (Phi) is 17.9. The molecule has 0 aliphatic carbocycles. The number of phosphoric acid groups is 2. The fourth-order valence-corrected chi connectivity index (χ4v) is 1.14. The molecule has 2 atom stereocenters. The number of carboxylic acids is 1. The molecule has 14 heteroatoms. The van der Waals surface area contributed by atoms with E-state index in [0.717, 1.165) is 0 Å². The monoisotopic (exact) mass is 312 g/mol. The molecule has 0 saturated carbocycles. The van der Waals surface area contributed by atoms with Crippen LogP contribution in [0.5, 0.6) is 0 Å². The minimum atomic E-state index is -5.61. The molecule has 0 amide bonds. The van der Waals surface area contributed by atoms with Crippen LogP contribution in [0.4, 0.5) is 0 Å². The van der Waals surface area contributed by atoms with Crippen LogP contribution < -0.4 is 44.2 Å². The zero-order valence-corrected chi connectivity index (χ0v) is 14.1. The zero-order valence-electron chi connectivity index (χ0n) is 8.88.